The molecule has 0 aliphatic carbocycles. The first-order chi connectivity index (χ1) is 9.44. The maximum atomic E-state index is 13.2. The molecule has 0 saturated carbocycles. The number of nitrogens with one attached hydrogen (secondary N) is 1. The van der Waals surface area contributed by atoms with Crippen molar-refractivity contribution < 1.29 is 12.8 Å². The van der Waals surface area contributed by atoms with Crippen LogP contribution in [-0.4, -0.2) is 8.42 Å². The number of anilines is 1. The monoisotopic (exact) mass is 293 g/mol. The molecule has 0 saturated heterocycles. The Morgan fingerprint density at radius 2 is 1.85 bits per heavy atom. The SMILES string of the molecule is CCc1cccc(C)c1NS(=O)(=O)c1cccc(F)c1. The maximum Gasteiger partial charge on any atom is 0.262 e. The van der Waals surface area contributed by atoms with Crippen LogP contribution < -0.4 is 4.72 Å². The summed E-state index contributed by atoms with van der Waals surface area (Å²) in [5.74, 6) is -0.576. The zero-order chi connectivity index (χ0) is 14.8. The quantitative estimate of drug-likeness (QED) is 0.938. The maximum absolute atomic E-state index is 13.2. The van der Waals surface area contributed by atoms with Crippen LogP contribution in [0.1, 0.15) is 18.1 Å². The topological polar surface area (TPSA) is 46.2 Å². The molecule has 2 aromatic rings. The molecule has 0 bridgehead atoms. The zero-order valence-corrected chi connectivity index (χ0v) is 12.2. The first-order valence-electron chi connectivity index (χ1n) is 6.31. The molecule has 0 radical (unpaired) electrons. The summed E-state index contributed by atoms with van der Waals surface area (Å²) >= 11 is 0. The molecule has 1 N–H and O–H groups in total. The van der Waals surface area contributed by atoms with Gasteiger partial charge >= 0.3 is 0 Å². The van der Waals surface area contributed by atoms with Gasteiger partial charge in [-0.1, -0.05) is 31.2 Å². The lowest BCUT2D eigenvalue weighted by molar-refractivity contribution is 0.595. The molecular formula is C15H16FNO2S. The van der Waals surface area contributed by atoms with Crippen molar-refractivity contribution in [3.63, 3.8) is 0 Å². The van der Waals surface area contributed by atoms with E-state index in [4.69, 9.17) is 0 Å². The second-order valence-corrected chi connectivity index (χ2v) is 6.21. The Hall–Kier alpha value is -1.88. The van der Waals surface area contributed by atoms with E-state index in [9.17, 15) is 12.8 Å². The smallest absolute Gasteiger partial charge is 0.262 e. The molecule has 0 fully saturated rings. The molecule has 20 heavy (non-hydrogen) atoms. The third-order valence-electron chi connectivity index (χ3n) is 3.08. The minimum Gasteiger partial charge on any atom is -0.279 e. The molecule has 0 aliphatic rings. The predicted octanol–water partition coefficient (Wildman–Crippen LogP) is 3.50. The van der Waals surface area contributed by atoms with Crippen LogP contribution in [0.4, 0.5) is 10.1 Å². The van der Waals surface area contributed by atoms with Crippen LogP contribution in [0.25, 0.3) is 0 Å². The molecule has 0 aromatic heterocycles. The molecule has 0 spiro atoms. The van der Waals surface area contributed by atoms with Crippen molar-refractivity contribution in [2.24, 2.45) is 0 Å². The molecular weight excluding hydrogens is 277 g/mol. The Labute approximate surface area is 118 Å². The number of para-hydroxylation sites is 1. The number of sulfonamides is 1. The van der Waals surface area contributed by atoms with Crippen molar-refractivity contribution in [1.82, 2.24) is 0 Å². The minimum absolute atomic E-state index is 0.0807. The van der Waals surface area contributed by atoms with Crippen LogP contribution in [-0.2, 0) is 16.4 Å². The van der Waals surface area contributed by atoms with E-state index in [1.165, 1.54) is 18.2 Å². The van der Waals surface area contributed by atoms with Gasteiger partial charge in [0.2, 0.25) is 0 Å². The van der Waals surface area contributed by atoms with Gasteiger partial charge in [-0.15, -0.1) is 0 Å². The third kappa shape index (κ3) is 2.99. The van der Waals surface area contributed by atoms with Crippen LogP contribution >= 0.6 is 0 Å². The zero-order valence-electron chi connectivity index (χ0n) is 11.4. The second kappa shape index (κ2) is 5.63. The highest BCUT2D eigenvalue weighted by Gasteiger charge is 2.17. The molecule has 5 heteroatoms. The Morgan fingerprint density at radius 1 is 1.15 bits per heavy atom. The lowest BCUT2D eigenvalue weighted by Crippen LogP contribution is -2.15. The van der Waals surface area contributed by atoms with E-state index >= 15 is 0 Å². The summed E-state index contributed by atoms with van der Waals surface area (Å²) in [5, 5.41) is 0. The minimum atomic E-state index is -3.78. The predicted molar refractivity (Wildman–Crippen MR) is 77.8 cm³/mol. The number of rotatable bonds is 4. The fourth-order valence-electron chi connectivity index (χ4n) is 2.00. The van der Waals surface area contributed by atoms with Crippen LogP contribution in [0.2, 0.25) is 0 Å². The molecule has 2 aromatic carbocycles. The van der Waals surface area contributed by atoms with Gasteiger partial charge in [-0.3, -0.25) is 4.72 Å². The van der Waals surface area contributed by atoms with Gasteiger partial charge in [0.15, 0.2) is 0 Å². The summed E-state index contributed by atoms with van der Waals surface area (Å²) in [6, 6.07) is 10.6. The van der Waals surface area contributed by atoms with Gasteiger partial charge in [0.05, 0.1) is 10.6 Å². The fourth-order valence-corrected chi connectivity index (χ4v) is 3.20. The third-order valence-corrected chi connectivity index (χ3v) is 4.43. The summed E-state index contributed by atoms with van der Waals surface area (Å²) in [5.41, 5.74) is 2.31. The van der Waals surface area contributed by atoms with Crippen LogP contribution in [0.3, 0.4) is 0 Å². The summed E-state index contributed by atoms with van der Waals surface area (Å²) < 4.78 is 40.3. The van der Waals surface area contributed by atoms with Crippen molar-refractivity contribution in [1.29, 1.82) is 0 Å². The van der Waals surface area contributed by atoms with Crippen LogP contribution in [0.5, 0.6) is 0 Å². The average molecular weight is 293 g/mol. The van der Waals surface area contributed by atoms with E-state index in [1.54, 1.807) is 0 Å². The largest absolute Gasteiger partial charge is 0.279 e. The van der Waals surface area contributed by atoms with Crippen LogP contribution in [0.15, 0.2) is 47.4 Å². The Bertz CT molecular complexity index is 726. The number of hydrogen-bond acceptors (Lipinski definition) is 2. The van der Waals surface area contributed by atoms with Crippen molar-refractivity contribution in [3.05, 3.63) is 59.4 Å². The van der Waals surface area contributed by atoms with E-state index in [-0.39, 0.29) is 4.90 Å². The van der Waals surface area contributed by atoms with Gasteiger partial charge in [-0.05, 0) is 42.7 Å². The van der Waals surface area contributed by atoms with E-state index in [1.807, 2.05) is 32.0 Å². The second-order valence-electron chi connectivity index (χ2n) is 4.53. The van der Waals surface area contributed by atoms with Gasteiger partial charge in [0, 0.05) is 0 Å². The van der Waals surface area contributed by atoms with Gasteiger partial charge in [-0.2, -0.15) is 0 Å². The van der Waals surface area contributed by atoms with E-state index in [0.29, 0.717) is 12.1 Å². The molecule has 0 aliphatic heterocycles. The lowest BCUT2D eigenvalue weighted by atomic mass is 10.1. The number of hydrogen-bond donors (Lipinski definition) is 1. The van der Waals surface area contributed by atoms with Gasteiger partial charge in [0.1, 0.15) is 5.82 Å². The van der Waals surface area contributed by atoms with E-state index in [0.717, 1.165) is 17.2 Å². The van der Waals surface area contributed by atoms with Crippen LogP contribution in [0, 0.1) is 12.7 Å². The summed E-state index contributed by atoms with van der Waals surface area (Å²) in [4.78, 5) is -0.0807. The Balaban J connectivity index is 2.44. The van der Waals surface area contributed by atoms with Crippen molar-refractivity contribution in [3.8, 4) is 0 Å². The highest BCUT2D eigenvalue weighted by molar-refractivity contribution is 7.92. The lowest BCUT2D eigenvalue weighted by Gasteiger charge is -2.14. The molecule has 0 unspecified atom stereocenters. The van der Waals surface area contributed by atoms with Gasteiger partial charge in [-0.25, -0.2) is 12.8 Å². The first kappa shape index (κ1) is 14.5. The highest BCUT2D eigenvalue weighted by Crippen LogP contribution is 2.24. The van der Waals surface area contributed by atoms with Crippen molar-refractivity contribution in [2.75, 3.05) is 4.72 Å². The normalized spacial score (nSPS) is 11.3. The molecule has 0 atom stereocenters. The Morgan fingerprint density at radius 3 is 2.50 bits per heavy atom. The summed E-state index contributed by atoms with van der Waals surface area (Å²) in [7, 11) is -3.78. The molecule has 106 valence electrons. The van der Waals surface area contributed by atoms with Crippen molar-refractivity contribution in [2.45, 2.75) is 25.2 Å². The molecule has 0 heterocycles. The summed E-state index contributed by atoms with van der Waals surface area (Å²) in [6.45, 7) is 3.79. The van der Waals surface area contributed by atoms with E-state index in [2.05, 4.69) is 4.72 Å². The molecule has 3 nitrogen and oxygen atoms in total. The van der Waals surface area contributed by atoms with Crippen molar-refractivity contribution >= 4 is 15.7 Å². The Kier molecular flexibility index (Phi) is 4.09. The highest BCUT2D eigenvalue weighted by atomic mass is 32.2. The number of aryl methyl sites for hydroxylation is 2. The average Bonchev–Trinajstić information content (AvgIpc) is 2.41. The standard InChI is InChI=1S/C15H16FNO2S/c1-3-12-7-4-6-11(2)15(12)17-20(18,19)14-9-5-8-13(16)10-14/h4-10,17H,3H2,1-2H3. The van der Waals surface area contributed by atoms with Gasteiger partial charge < -0.3 is 0 Å². The molecule has 0 amide bonds. The van der Waals surface area contributed by atoms with Gasteiger partial charge in [0.25, 0.3) is 10.0 Å². The number of halogens is 1. The fraction of sp³-hybridized carbons (Fsp3) is 0.200. The number of benzene rings is 2. The van der Waals surface area contributed by atoms with E-state index < -0.39 is 15.8 Å². The summed E-state index contributed by atoms with van der Waals surface area (Å²) in [6.07, 6.45) is 0.711. The first-order valence-corrected chi connectivity index (χ1v) is 7.79. The molecule has 2 rings (SSSR count).